The van der Waals surface area contributed by atoms with E-state index in [1.165, 1.54) is 46.7 Å². The molecule has 1 heterocycles. The van der Waals surface area contributed by atoms with E-state index in [9.17, 15) is 23.1 Å². The van der Waals surface area contributed by atoms with Crippen molar-refractivity contribution in [3.8, 4) is 17.0 Å². The first-order valence-electron chi connectivity index (χ1n) is 11.3. The van der Waals surface area contributed by atoms with Crippen molar-refractivity contribution in [2.24, 2.45) is 0 Å². The number of alkyl halides is 3. The summed E-state index contributed by atoms with van der Waals surface area (Å²) in [7, 11) is 0. The van der Waals surface area contributed by atoms with E-state index in [1.54, 1.807) is 24.3 Å². The Labute approximate surface area is 209 Å². The first-order valence-corrected chi connectivity index (χ1v) is 12.2. The lowest BCUT2D eigenvalue weighted by atomic mass is 9.95. The monoisotopic (exact) mass is 510 g/mol. The van der Waals surface area contributed by atoms with Crippen LogP contribution in [-0.4, -0.2) is 22.4 Å². The average molecular weight is 511 g/mol. The zero-order valence-corrected chi connectivity index (χ0v) is 19.7. The smallest absolute Gasteiger partial charge is 0.478 e. The number of nitrogens with one attached hydrogen (secondary N) is 1. The summed E-state index contributed by atoms with van der Waals surface area (Å²) in [4.78, 5) is 16.0. The number of ether oxygens (including phenoxy) is 1. The molecule has 3 aromatic carbocycles. The molecule has 36 heavy (non-hydrogen) atoms. The normalized spacial score (nSPS) is 13.8. The highest BCUT2D eigenvalue weighted by Gasteiger charge is 2.31. The number of anilines is 1. The number of nitrogens with zero attached hydrogens (tertiary/aromatic N) is 1. The van der Waals surface area contributed by atoms with Gasteiger partial charge >= 0.3 is 12.3 Å². The van der Waals surface area contributed by atoms with Crippen LogP contribution >= 0.6 is 11.3 Å². The Morgan fingerprint density at radius 1 is 0.972 bits per heavy atom. The first kappa shape index (κ1) is 23.9. The van der Waals surface area contributed by atoms with Crippen molar-refractivity contribution in [1.82, 2.24) is 4.98 Å². The van der Waals surface area contributed by atoms with Gasteiger partial charge in [0.2, 0.25) is 0 Å². The van der Waals surface area contributed by atoms with Gasteiger partial charge in [-0.2, -0.15) is 0 Å². The maximum absolute atomic E-state index is 12.4. The lowest BCUT2D eigenvalue weighted by molar-refractivity contribution is -0.274. The molecule has 9 heteroatoms. The van der Waals surface area contributed by atoms with Gasteiger partial charge in [-0.05, 0) is 77.9 Å². The molecule has 1 atom stereocenters. The molecule has 2 N–H and O–H groups in total. The molecule has 0 spiro atoms. The van der Waals surface area contributed by atoms with Crippen molar-refractivity contribution in [2.75, 3.05) is 5.32 Å². The van der Waals surface area contributed by atoms with Gasteiger partial charge in [0.25, 0.3) is 0 Å². The molecule has 184 valence electrons. The van der Waals surface area contributed by atoms with E-state index < -0.39 is 12.3 Å². The Hall–Kier alpha value is -3.85. The number of rotatable bonds is 7. The zero-order chi connectivity index (χ0) is 25.3. The van der Waals surface area contributed by atoms with Gasteiger partial charge in [0.05, 0.1) is 17.3 Å². The van der Waals surface area contributed by atoms with Gasteiger partial charge in [-0.25, -0.2) is 9.78 Å². The quantitative estimate of drug-likeness (QED) is 0.278. The predicted molar refractivity (Wildman–Crippen MR) is 132 cm³/mol. The van der Waals surface area contributed by atoms with E-state index in [2.05, 4.69) is 33.2 Å². The van der Waals surface area contributed by atoms with Crippen LogP contribution in [0.2, 0.25) is 0 Å². The summed E-state index contributed by atoms with van der Waals surface area (Å²) in [6.07, 6.45) is -1.51. The summed E-state index contributed by atoms with van der Waals surface area (Å²) in [6.45, 7) is 0. The number of carboxylic acids is 1. The third-order valence-corrected chi connectivity index (χ3v) is 6.88. The molecule has 0 aliphatic heterocycles. The molecule has 0 amide bonds. The van der Waals surface area contributed by atoms with Crippen LogP contribution in [-0.2, 0) is 12.8 Å². The highest BCUT2D eigenvalue weighted by molar-refractivity contribution is 7.14. The molecule has 0 saturated heterocycles. The molecule has 1 aliphatic rings. The molecule has 1 unspecified atom stereocenters. The minimum absolute atomic E-state index is 0.209. The van der Waals surface area contributed by atoms with Gasteiger partial charge in [0.1, 0.15) is 5.75 Å². The maximum atomic E-state index is 12.4. The fourth-order valence-corrected chi connectivity index (χ4v) is 5.12. The highest BCUT2D eigenvalue weighted by atomic mass is 32.1. The van der Waals surface area contributed by atoms with Crippen LogP contribution < -0.4 is 10.1 Å². The minimum atomic E-state index is -4.74. The van der Waals surface area contributed by atoms with Crippen LogP contribution in [0.25, 0.3) is 11.3 Å². The van der Waals surface area contributed by atoms with Crippen molar-refractivity contribution in [3.05, 3.63) is 99.9 Å². The Morgan fingerprint density at radius 2 is 1.67 bits per heavy atom. The van der Waals surface area contributed by atoms with Crippen molar-refractivity contribution in [2.45, 2.75) is 31.7 Å². The van der Waals surface area contributed by atoms with Gasteiger partial charge in [0.15, 0.2) is 5.13 Å². The Bertz CT molecular complexity index is 1380. The summed E-state index contributed by atoms with van der Waals surface area (Å²) in [5.41, 5.74) is 6.10. The number of hydrogen-bond donors (Lipinski definition) is 2. The number of fused-ring (bicyclic) bond motifs is 1. The number of benzene rings is 3. The van der Waals surface area contributed by atoms with E-state index >= 15 is 0 Å². The molecule has 1 aliphatic carbocycles. The third kappa shape index (κ3) is 5.36. The number of carbonyl (C=O) groups is 1. The largest absolute Gasteiger partial charge is 0.573 e. The number of aromatic nitrogens is 1. The first-order chi connectivity index (χ1) is 17.2. The van der Waals surface area contributed by atoms with Gasteiger partial charge in [-0.1, -0.05) is 30.3 Å². The highest BCUT2D eigenvalue weighted by Crippen LogP contribution is 2.34. The molecule has 0 bridgehead atoms. The van der Waals surface area contributed by atoms with Crippen molar-refractivity contribution >= 4 is 22.4 Å². The molecule has 5 rings (SSSR count). The van der Waals surface area contributed by atoms with Gasteiger partial charge in [-0.3, -0.25) is 0 Å². The third-order valence-electron chi connectivity index (χ3n) is 6.10. The molecule has 4 aromatic rings. The van der Waals surface area contributed by atoms with E-state index in [1.807, 2.05) is 5.38 Å². The molecule has 5 nitrogen and oxygen atoms in total. The summed E-state index contributed by atoms with van der Waals surface area (Å²) in [5.74, 6) is -1.28. The topological polar surface area (TPSA) is 71.5 Å². The SMILES string of the molecule is O=C(O)c1ccc(C(Nc2nc(-c3ccc(OC(F)(F)F)cc3)cs2)c2ccc3c(c2)CCC3)cc1. The molecular weight excluding hydrogens is 489 g/mol. The second-order valence-corrected chi connectivity index (χ2v) is 9.35. The van der Waals surface area contributed by atoms with Crippen molar-refractivity contribution < 1.29 is 27.8 Å². The molecule has 0 saturated carbocycles. The van der Waals surface area contributed by atoms with Crippen LogP contribution in [0, 0.1) is 0 Å². The Kier molecular flexibility index (Phi) is 6.40. The number of halogens is 3. The molecule has 0 radical (unpaired) electrons. The van der Waals surface area contributed by atoms with E-state index in [0.29, 0.717) is 16.4 Å². The second kappa shape index (κ2) is 9.66. The average Bonchev–Trinajstić information content (AvgIpc) is 3.51. The minimum Gasteiger partial charge on any atom is -0.478 e. The maximum Gasteiger partial charge on any atom is 0.573 e. The number of carboxylic acid groups (broad SMARTS) is 1. The standard InChI is InChI=1S/C27H21F3N2O3S/c28-27(29,30)35-22-12-10-17(11-13-22)23-15-36-26(31-23)32-24(18-5-7-19(8-6-18)25(33)34)21-9-4-16-2-1-3-20(16)14-21/h4-15,24H,1-3H2,(H,31,32)(H,33,34). The summed E-state index contributed by atoms with van der Waals surface area (Å²) < 4.78 is 41.2. The van der Waals surface area contributed by atoms with Gasteiger partial charge < -0.3 is 15.2 Å². The summed E-state index contributed by atoms with van der Waals surface area (Å²) in [5, 5.41) is 15.2. The predicted octanol–water partition coefficient (Wildman–Crippen LogP) is 7.10. The fraction of sp³-hybridized carbons (Fsp3) is 0.185. The van der Waals surface area contributed by atoms with Crippen LogP contribution in [0.15, 0.2) is 72.1 Å². The summed E-state index contributed by atoms with van der Waals surface area (Å²) >= 11 is 1.38. The van der Waals surface area contributed by atoms with Crippen LogP contribution in [0.4, 0.5) is 18.3 Å². The lowest BCUT2D eigenvalue weighted by Gasteiger charge is -2.20. The number of thiazole rings is 1. The van der Waals surface area contributed by atoms with Crippen LogP contribution in [0.3, 0.4) is 0 Å². The van der Waals surface area contributed by atoms with Gasteiger partial charge in [0, 0.05) is 10.9 Å². The lowest BCUT2D eigenvalue weighted by Crippen LogP contribution is -2.16. The summed E-state index contributed by atoms with van der Waals surface area (Å²) in [6, 6.07) is 18.5. The molecule has 0 fully saturated rings. The second-order valence-electron chi connectivity index (χ2n) is 8.50. The fourth-order valence-electron chi connectivity index (χ4n) is 4.37. The van der Waals surface area contributed by atoms with E-state index in [0.717, 1.165) is 30.4 Å². The van der Waals surface area contributed by atoms with Crippen molar-refractivity contribution in [1.29, 1.82) is 0 Å². The zero-order valence-electron chi connectivity index (χ0n) is 18.9. The van der Waals surface area contributed by atoms with Crippen LogP contribution in [0.1, 0.15) is 45.1 Å². The Balaban J connectivity index is 1.42. The Morgan fingerprint density at radius 3 is 2.36 bits per heavy atom. The van der Waals surface area contributed by atoms with Crippen molar-refractivity contribution in [3.63, 3.8) is 0 Å². The molecule has 1 aromatic heterocycles. The number of hydrogen-bond acceptors (Lipinski definition) is 5. The van der Waals surface area contributed by atoms with Gasteiger partial charge in [-0.15, -0.1) is 24.5 Å². The number of aryl methyl sites for hydroxylation is 2. The molecular formula is C27H21F3N2O3S. The number of aromatic carboxylic acids is 1. The van der Waals surface area contributed by atoms with E-state index in [4.69, 9.17) is 0 Å². The van der Waals surface area contributed by atoms with E-state index in [-0.39, 0.29) is 17.4 Å². The van der Waals surface area contributed by atoms with Crippen LogP contribution in [0.5, 0.6) is 5.75 Å².